The van der Waals surface area contributed by atoms with Crippen molar-refractivity contribution >= 4 is 5.91 Å². The van der Waals surface area contributed by atoms with Crippen molar-refractivity contribution in [1.82, 2.24) is 5.32 Å². The van der Waals surface area contributed by atoms with E-state index in [2.05, 4.69) is 19.2 Å². The Labute approximate surface area is 388 Å². The van der Waals surface area contributed by atoms with E-state index < -0.39 is 49.5 Å². The summed E-state index contributed by atoms with van der Waals surface area (Å²) in [6.45, 7) is 3.80. The lowest BCUT2D eigenvalue weighted by Crippen LogP contribution is -2.60. The lowest BCUT2D eigenvalue weighted by atomic mass is 9.99. The van der Waals surface area contributed by atoms with E-state index >= 15 is 0 Å². The van der Waals surface area contributed by atoms with Gasteiger partial charge in [0.15, 0.2) is 6.29 Å². The zero-order valence-electron chi connectivity index (χ0n) is 41.4. The van der Waals surface area contributed by atoms with Gasteiger partial charge < -0.3 is 40.3 Å². The summed E-state index contributed by atoms with van der Waals surface area (Å²) in [4.78, 5) is 13.0. The summed E-state index contributed by atoms with van der Waals surface area (Å²) in [5.41, 5.74) is 0. The second-order valence-electron chi connectivity index (χ2n) is 19.4. The molecule has 0 aromatic rings. The summed E-state index contributed by atoms with van der Waals surface area (Å²) in [5, 5.41) is 54.4. The molecule has 7 atom stereocenters. The Morgan fingerprint density at radius 2 is 0.873 bits per heavy atom. The molecular weight excluding hydrogens is 791 g/mol. The Kier molecular flexibility index (Phi) is 42.6. The minimum Gasteiger partial charge on any atom is -0.394 e. The molecule has 0 spiro atoms. The monoisotopic (exact) mass is 896 g/mol. The van der Waals surface area contributed by atoms with Crippen molar-refractivity contribution in [3.05, 3.63) is 12.2 Å². The zero-order valence-corrected chi connectivity index (χ0v) is 41.4. The predicted octanol–water partition coefficient (Wildman–Crippen LogP) is 12.8. The second kappa shape index (κ2) is 44.7. The van der Waals surface area contributed by atoms with Crippen molar-refractivity contribution < 1.29 is 39.8 Å². The Bertz CT molecular complexity index is 997. The summed E-state index contributed by atoms with van der Waals surface area (Å²) in [6, 6.07) is -0.799. The molecule has 1 saturated heterocycles. The van der Waals surface area contributed by atoms with Crippen molar-refractivity contribution in [2.24, 2.45) is 0 Å². The molecule has 63 heavy (non-hydrogen) atoms. The zero-order chi connectivity index (χ0) is 45.9. The molecule has 0 saturated carbocycles. The highest BCUT2D eigenvalue weighted by molar-refractivity contribution is 5.76. The number of hydrogen-bond donors (Lipinski definition) is 6. The van der Waals surface area contributed by atoms with E-state index in [1.807, 2.05) is 6.08 Å². The lowest BCUT2D eigenvalue weighted by Gasteiger charge is -2.40. The van der Waals surface area contributed by atoms with Crippen LogP contribution in [0, 0.1) is 0 Å². The van der Waals surface area contributed by atoms with Crippen molar-refractivity contribution in [3.8, 4) is 0 Å². The molecule has 0 aliphatic carbocycles. The molecule has 374 valence electrons. The van der Waals surface area contributed by atoms with Crippen LogP contribution in [0.1, 0.15) is 271 Å². The average molecular weight is 896 g/mol. The largest absolute Gasteiger partial charge is 0.394 e. The van der Waals surface area contributed by atoms with Crippen molar-refractivity contribution in [1.29, 1.82) is 0 Å². The Morgan fingerprint density at radius 1 is 0.524 bits per heavy atom. The Balaban J connectivity index is 2.19. The fourth-order valence-corrected chi connectivity index (χ4v) is 8.98. The van der Waals surface area contributed by atoms with Gasteiger partial charge >= 0.3 is 0 Å². The summed E-state index contributed by atoms with van der Waals surface area (Å²) < 4.78 is 11.2. The highest BCUT2D eigenvalue weighted by Gasteiger charge is 2.44. The minimum absolute atomic E-state index is 0.171. The van der Waals surface area contributed by atoms with Crippen molar-refractivity contribution in [2.45, 2.75) is 314 Å². The van der Waals surface area contributed by atoms with Crippen LogP contribution in [0.4, 0.5) is 0 Å². The first-order valence-corrected chi connectivity index (χ1v) is 27.4. The molecule has 0 aromatic heterocycles. The number of allylic oxidation sites excluding steroid dienone is 1. The van der Waals surface area contributed by atoms with Gasteiger partial charge in [-0.2, -0.15) is 0 Å². The van der Waals surface area contributed by atoms with E-state index in [0.29, 0.717) is 6.42 Å². The highest BCUT2D eigenvalue weighted by atomic mass is 16.7. The molecule has 0 radical (unpaired) electrons. The van der Waals surface area contributed by atoms with Gasteiger partial charge in [0.05, 0.1) is 25.4 Å². The first kappa shape index (κ1) is 59.9. The topological polar surface area (TPSA) is 149 Å². The number of amides is 1. The number of carbonyl (C=O) groups is 1. The van der Waals surface area contributed by atoms with Gasteiger partial charge in [-0.3, -0.25) is 4.79 Å². The van der Waals surface area contributed by atoms with Crippen LogP contribution in [0.2, 0.25) is 0 Å². The normalized spacial score (nSPS) is 20.1. The van der Waals surface area contributed by atoms with Crippen LogP contribution in [-0.4, -0.2) is 87.5 Å². The van der Waals surface area contributed by atoms with E-state index in [1.165, 1.54) is 212 Å². The van der Waals surface area contributed by atoms with Crippen LogP contribution in [-0.2, 0) is 14.3 Å². The van der Waals surface area contributed by atoms with E-state index in [9.17, 15) is 30.3 Å². The molecule has 2 unspecified atom stereocenters. The SMILES string of the molecule is CCCCCCCCCCCCCC/C=C/[C@@H](O)[C@H](CO[C@@H]1O[C@H](CO)[C@H](O)C(O)C1O)NC(=O)CCCCCCCCCCCCCCCCCCCCCCCCCCCC. The van der Waals surface area contributed by atoms with Gasteiger partial charge in [0.1, 0.15) is 24.4 Å². The fourth-order valence-electron chi connectivity index (χ4n) is 8.98. The molecule has 9 nitrogen and oxygen atoms in total. The van der Waals surface area contributed by atoms with Gasteiger partial charge in [0, 0.05) is 6.42 Å². The Morgan fingerprint density at radius 3 is 1.24 bits per heavy atom. The number of nitrogens with one attached hydrogen (secondary N) is 1. The molecule has 9 heteroatoms. The smallest absolute Gasteiger partial charge is 0.220 e. The first-order valence-electron chi connectivity index (χ1n) is 27.4. The molecule has 1 aliphatic rings. The summed E-state index contributed by atoms with van der Waals surface area (Å²) in [6.07, 6.45) is 47.0. The summed E-state index contributed by atoms with van der Waals surface area (Å²) in [7, 11) is 0. The van der Waals surface area contributed by atoms with Gasteiger partial charge in [0.25, 0.3) is 0 Å². The molecule has 1 fully saturated rings. The van der Waals surface area contributed by atoms with E-state index in [-0.39, 0.29) is 12.5 Å². The van der Waals surface area contributed by atoms with Crippen LogP contribution in [0.3, 0.4) is 0 Å². The van der Waals surface area contributed by atoms with Crippen LogP contribution in [0.25, 0.3) is 0 Å². The van der Waals surface area contributed by atoms with Gasteiger partial charge in [0.2, 0.25) is 5.91 Å². The van der Waals surface area contributed by atoms with E-state index in [4.69, 9.17) is 9.47 Å². The number of aliphatic hydroxyl groups excluding tert-OH is 5. The Hall–Kier alpha value is -1.07. The highest BCUT2D eigenvalue weighted by Crippen LogP contribution is 2.23. The molecule has 1 rings (SSSR count). The summed E-state index contributed by atoms with van der Waals surface area (Å²) >= 11 is 0. The lowest BCUT2D eigenvalue weighted by molar-refractivity contribution is -0.302. The number of rotatable bonds is 47. The number of carbonyl (C=O) groups excluding carboxylic acids is 1. The number of unbranched alkanes of at least 4 members (excludes halogenated alkanes) is 37. The fraction of sp³-hybridized carbons (Fsp3) is 0.944. The predicted molar refractivity (Wildman–Crippen MR) is 263 cm³/mol. The average Bonchev–Trinajstić information content (AvgIpc) is 3.28. The maximum Gasteiger partial charge on any atom is 0.220 e. The van der Waals surface area contributed by atoms with Crippen molar-refractivity contribution in [2.75, 3.05) is 13.2 Å². The molecule has 1 amide bonds. The van der Waals surface area contributed by atoms with Crippen LogP contribution >= 0.6 is 0 Å². The number of aliphatic hydroxyl groups is 5. The van der Waals surface area contributed by atoms with Gasteiger partial charge in [-0.1, -0.05) is 257 Å². The van der Waals surface area contributed by atoms with Crippen LogP contribution < -0.4 is 5.32 Å². The first-order chi connectivity index (χ1) is 30.8. The maximum absolute atomic E-state index is 13.0. The third-order valence-electron chi connectivity index (χ3n) is 13.4. The molecular formula is C54H105NO8. The molecule has 0 bridgehead atoms. The van der Waals surface area contributed by atoms with Crippen molar-refractivity contribution in [3.63, 3.8) is 0 Å². The molecule has 1 aliphatic heterocycles. The quantitative estimate of drug-likeness (QED) is 0.0261. The second-order valence-corrected chi connectivity index (χ2v) is 19.4. The van der Waals surface area contributed by atoms with E-state index in [1.54, 1.807) is 6.08 Å². The van der Waals surface area contributed by atoms with Crippen LogP contribution in [0.5, 0.6) is 0 Å². The number of ether oxygens (including phenoxy) is 2. The standard InChI is InChI=1S/C54H105NO8/c1-3-5-7-9-11-13-15-17-19-20-21-22-23-24-25-26-27-28-29-30-32-34-36-38-40-42-44-50(58)55-47(46-62-54-53(61)52(60)51(59)49(45-56)63-54)48(57)43-41-39-37-35-33-31-18-16-14-12-10-8-6-4-2/h41,43,47-49,51-54,56-57,59-61H,3-40,42,44-46H2,1-2H3,(H,55,58)/b43-41+/t47-,48+,49+,51-,52?,53?,54+/m0/s1. The van der Waals surface area contributed by atoms with Gasteiger partial charge in [-0.05, 0) is 19.3 Å². The van der Waals surface area contributed by atoms with Crippen LogP contribution in [0.15, 0.2) is 12.2 Å². The van der Waals surface area contributed by atoms with E-state index in [0.717, 1.165) is 38.5 Å². The third kappa shape index (κ3) is 34.8. The molecule has 1 heterocycles. The minimum atomic E-state index is -1.56. The molecule has 6 N–H and O–H groups in total. The third-order valence-corrected chi connectivity index (χ3v) is 13.4. The molecule has 0 aromatic carbocycles. The number of hydrogen-bond acceptors (Lipinski definition) is 8. The summed E-state index contributed by atoms with van der Waals surface area (Å²) in [5.74, 6) is -0.171. The van der Waals surface area contributed by atoms with Gasteiger partial charge in [-0.15, -0.1) is 0 Å². The van der Waals surface area contributed by atoms with Gasteiger partial charge in [-0.25, -0.2) is 0 Å². The maximum atomic E-state index is 13.0.